The van der Waals surface area contributed by atoms with Crippen molar-refractivity contribution in [2.24, 2.45) is 0 Å². The Morgan fingerprint density at radius 3 is 2.67 bits per heavy atom. The third kappa shape index (κ3) is 1.78. The van der Waals surface area contributed by atoms with Gasteiger partial charge >= 0.3 is 5.63 Å². The normalized spacial score (nSPS) is 11.3. The number of furan rings is 1. The number of benzene rings is 2. The van der Waals surface area contributed by atoms with Crippen LogP contribution in [0.2, 0.25) is 0 Å². The summed E-state index contributed by atoms with van der Waals surface area (Å²) in [6.45, 7) is 1.90. The van der Waals surface area contributed by atoms with E-state index in [0.29, 0.717) is 11.2 Å². The Bertz CT molecular complexity index is 1010. The summed E-state index contributed by atoms with van der Waals surface area (Å²) in [5.74, 6) is 0. The van der Waals surface area contributed by atoms with Crippen LogP contribution in [0.5, 0.6) is 0 Å². The van der Waals surface area contributed by atoms with E-state index >= 15 is 0 Å². The summed E-state index contributed by atoms with van der Waals surface area (Å²) in [6.07, 6.45) is 2.92. The molecular weight excluding hydrogens is 264 g/mol. The monoisotopic (exact) mass is 275 g/mol. The molecule has 0 bridgehead atoms. The third-order valence-corrected chi connectivity index (χ3v) is 3.66. The molecule has 2 aromatic heterocycles. The fourth-order valence-electron chi connectivity index (χ4n) is 2.65. The molecule has 101 valence electrons. The number of rotatable bonds is 1. The van der Waals surface area contributed by atoms with E-state index in [1.54, 1.807) is 0 Å². The molecular formula is C18H11O3. The predicted octanol–water partition coefficient (Wildman–Crippen LogP) is 4.31. The highest BCUT2D eigenvalue weighted by molar-refractivity contribution is 6.10. The second-order valence-electron chi connectivity index (χ2n) is 5.01. The van der Waals surface area contributed by atoms with Crippen LogP contribution in [-0.4, -0.2) is 0 Å². The van der Waals surface area contributed by atoms with Crippen molar-refractivity contribution in [1.82, 2.24) is 0 Å². The molecule has 0 spiro atoms. The Balaban J connectivity index is 2.20. The third-order valence-electron chi connectivity index (χ3n) is 3.66. The summed E-state index contributed by atoms with van der Waals surface area (Å²) in [5.41, 5.74) is 3.55. The fourth-order valence-corrected chi connectivity index (χ4v) is 2.65. The van der Waals surface area contributed by atoms with Gasteiger partial charge in [0.1, 0.15) is 11.2 Å². The zero-order chi connectivity index (χ0) is 14.4. The van der Waals surface area contributed by atoms with Gasteiger partial charge in [-0.15, -0.1) is 0 Å². The van der Waals surface area contributed by atoms with E-state index in [-0.39, 0.29) is 5.63 Å². The van der Waals surface area contributed by atoms with Crippen LogP contribution in [0.1, 0.15) is 5.56 Å². The highest BCUT2D eigenvalue weighted by Gasteiger charge is 2.15. The topological polar surface area (TPSA) is 43.4 Å². The van der Waals surface area contributed by atoms with Crippen molar-refractivity contribution in [2.45, 2.75) is 6.92 Å². The van der Waals surface area contributed by atoms with Crippen molar-refractivity contribution in [3.63, 3.8) is 0 Å². The van der Waals surface area contributed by atoms with Crippen LogP contribution in [0.4, 0.5) is 0 Å². The Hall–Kier alpha value is -2.81. The maximum absolute atomic E-state index is 11.7. The molecule has 4 rings (SSSR count). The van der Waals surface area contributed by atoms with Gasteiger partial charge in [0.2, 0.25) is 0 Å². The zero-order valence-corrected chi connectivity index (χ0v) is 11.3. The van der Waals surface area contributed by atoms with Gasteiger partial charge < -0.3 is 8.83 Å². The van der Waals surface area contributed by atoms with Gasteiger partial charge in [0, 0.05) is 17.0 Å². The quantitative estimate of drug-likeness (QED) is 0.486. The Kier molecular flexibility index (Phi) is 2.48. The summed E-state index contributed by atoms with van der Waals surface area (Å²) >= 11 is 0. The standard InChI is InChI=1S/C18H11O3/c1-11-9-16(19)21-18-13(11)7-8-15-17(18)14(10-20-15)12-5-3-2-4-6-12/h2-9H,1H3. The van der Waals surface area contributed by atoms with Crippen LogP contribution in [0.15, 0.2) is 62.2 Å². The number of fused-ring (bicyclic) bond motifs is 3. The molecule has 0 aliphatic heterocycles. The molecule has 0 saturated carbocycles. The van der Waals surface area contributed by atoms with Gasteiger partial charge in [-0.25, -0.2) is 4.79 Å². The lowest BCUT2D eigenvalue weighted by molar-refractivity contribution is 0.562. The fraction of sp³-hybridized carbons (Fsp3) is 0.0556. The van der Waals surface area contributed by atoms with E-state index in [4.69, 9.17) is 8.83 Å². The van der Waals surface area contributed by atoms with Gasteiger partial charge in [-0.05, 0) is 30.2 Å². The molecule has 3 heteroatoms. The van der Waals surface area contributed by atoms with Crippen LogP contribution in [0.25, 0.3) is 33.1 Å². The summed E-state index contributed by atoms with van der Waals surface area (Å²) in [5, 5.41) is 1.70. The Morgan fingerprint density at radius 2 is 1.86 bits per heavy atom. The molecule has 21 heavy (non-hydrogen) atoms. The molecule has 0 N–H and O–H groups in total. The second-order valence-corrected chi connectivity index (χ2v) is 5.01. The maximum atomic E-state index is 11.7. The van der Waals surface area contributed by atoms with Gasteiger partial charge in [0.05, 0.1) is 5.39 Å². The maximum Gasteiger partial charge on any atom is 0.336 e. The molecule has 0 atom stereocenters. The lowest BCUT2D eigenvalue weighted by Crippen LogP contribution is -1.97. The molecule has 0 amide bonds. The van der Waals surface area contributed by atoms with E-state index in [1.807, 2.05) is 49.4 Å². The number of aryl methyl sites for hydroxylation is 1. The van der Waals surface area contributed by atoms with E-state index in [0.717, 1.165) is 27.5 Å². The number of hydrogen-bond acceptors (Lipinski definition) is 3. The van der Waals surface area contributed by atoms with Gasteiger partial charge in [-0.1, -0.05) is 30.3 Å². The first-order valence-corrected chi connectivity index (χ1v) is 6.67. The zero-order valence-electron chi connectivity index (χ0n) is 11.3. The van der Waals surface area contributed by atoms with Gasteiger partial charge in [-0.3, -0.25) is 0 Å². The van der Waals surface area contributed by atoms with Crippen molar-refractivity contribution < 1.29 is 8.83 Å². The smallest absolute Gasteiger partial charge is 0.336 e. The molecule has 0 unspecified atom stereocenters. The average molecular weight is 275 g/mol. The van der Waals surface area contributed by atoms with Crippen molar-refractivity contribution >= 4 is 21.9 Å². The van der Waals surface area contributed by atoms with Gasteiger partial charge in [0.15, 0.2) is 6.26 Å². The van der Waals surface area contributed by atoms with Gasteiger partial charge in [0.25, 0.3) is 0 Å². The summed E-state index contributed by atoms with van der Waals surface area (Å²) in [7, 11) is 0. The molecule has 1 radical (unpaired) electrons. The summed E-state index contributed by atoms with van der Waals surface area (Å²) in [6, 6.07) is 15.1. The highest BCUT2D eigenvalue weighted by atomic mass is 16.4. The molecule has 2 heterocycles. The largest absolute Gasteiger partial charge is 0.452 e. The Morgan fingerprint density at radius 1 is 1.05 bits per heavy atom. The minimum atomic E-state index is -0.354. The van der Waals surface area contributed by atoms with Crippen LogP contribution in [-0.2, 0) is 0 Å². The Labute approximate surface area is 120 Å². The van der Waals surface area contributed by atoms with Crippen LogP contribution < -0.4 is 5.63 Å². The molecule has 4 aromatic rings. The minimum absolute atomic E-state index is 0.354. The van der Waals surface area contributed by atoms with E-state index in [2.05, 4.69) is 6.26 Å². The lowest BCUT2D eigenvalue weighted by atomic mass is 10.0. The highest BCUT2D eigenvalue weighted by Crippen LogP contribution is 2.35. The SMILES string of the molecule is Cc1cc(=O)oc2c1ccc1o[c]c(-c3ccccc3)c12. The first-order valence-electron chi connectivity index (χ1n) is 6.67. The van der Waals surface area contributed by atoms with Crippen LogP contribution >= 0.6 is 0 Å². The number of hydrogen-bond donors (Lipinski definition) is 0. The second kappa shape index (κ2) is 4.35. The summed E-state index contributed by atoms with van der Waals surface area (Å²) < 4.78 is 10.9. The molecule has 3 nitrogen and oxygen atoms in total. The molecule has 2 aromatic carbocycles. The minimum Gasteiger partial charge on any atom is -0.452 e. The average Bonchev–Trinajstić information content (AvgIpc) is 2.92. The lowest BCUT2D eigenvalue weighted by Gasteiger charge is -2.03. The first-order chi connectivity index (χ1) is 10.2. The van der Waals surface area contributed by atoms with E-state index in [9.17, 15) is 4.79 Å². The summed E-state index contributed by atoms with van der Waals surface area (Å²) in [4.78, 5) is 11.7. The van der Waals surface area contributed by atoms with Crippen LogP contribution in [0, 0.1) is 13.2 Å². The molecule has 0 aliphatic carbocycles. The van der Waals surface area contributed by atoms with E-state index in [1.165, 1.54) is 6.07 Å². The van der Waals surface area contributed by atoms with Crippen LogP contribution in [0.3, 0.4) is 0 Å². The van der Waals surface area contributed by atoms with Gasteiger partial charge in [-0.2, -0.15) is 0 Å². The molecule has 0 saturated heterocycles. The van der Waals surface area contributed by atoms with Crippen molar-refractivity contribution in [1.29, 1.82) is 0 Å². The first kappa shape index (κ1) is 12.0. The molecule has 0 aliphatic rings. The van der Waals surface area contributed by atoms with Crippen molar-refractivity contribution in [2.75, 3.05) is 0 Å². The predicted molar refractivity (Wildman–Crippen MR) is 81.3 cm³/mol. The van der Waals surface area contributed by atoms with Crippen molar-refractivity contribution in [3.05, 3.63) is 70.8 Å². The molecule has 0 fully saturated rings. The van der Waals surface area contributed by atoms with E-state index < -0.39 is 0 Å². The van der Waals surface area contributed by atoms with Crippen molar-refractivity contribution in [3.8, 4) is 11.1 Å².